The van der Waals surface area contributed by atoms with Gasteiger partial charge in [0.1, 0.15) is 0 Å². The Bertz CT molecular complexity index is 362. The molecule has 0 aliphatic carbocycles. The van der Waals surface area contributed by atoms with E-state index in [0.717, 1.165) is 0 Å². The Balaban J connectivity index is 3.09. The first kappa shape index (κ1) is 9.91. The molecule has 3 nitrogen and oxygen atoms in total. The normalized spacial score (nSPS) is 9.23. The summed E-state index contributed by atoms with van der Waals surface area (Å²) in [7, 11) is 1.90. The van der Waals surface area contributed by atoms with Crippen LogP contribution in [0.1, 0.15) is 5.56 Å². The van der Waals surface area contributed by atoms with Gasteiger partial charge in [0.15, 0.2) is 11.5 Å². The average molecular weight is 211 g/mol. The Kier molecular flexibility index (Phi) is 3.63. The zero-order valence-electron chi connectivity index (χ0n) is 6.85. The number of hydrogen-bond donors (Lipinski definition) is 0. The topological polar surface area (TPSA) is 42.2 Å². The Morgan fingerprint density at radius 2 is 2.23 bits per heavy atom. The second-order valence-electron chi connectivity index (χ2n) is 2.14. The predicted molar refractivity (Wildman–Crippen MR) is 52.6 cm³/mol. The van der Waals surface area contributed by atoms with Crippen LogP contribution in [0.25, 0.3) is 0 Å². The van der Waals surface area contributed by atoms with Gasteiger partial charge in [-0.05, 0) is 23.9 Å². The summed E-state index contributed by atoms with van der Waals surface area (Å²) in [5, 5.41) is 8.61. The number of hydrogen-bond acceptors (Lipinski definition) is 4. The van der Waals surface area contributed by atoms with Crippen LogP contribution in [-0.4, -0.2) is 7.11 Å². The van der Waals surface area contributed by atoms with E-state index < -0.39 is 0 Å². The minimum absolute atomic E-state index is 0.385. The lowest BCUT2D eigenvalue weighted by molar-refractivity contribution is 0.399. The molecule has 0 N–H and O–H groups in total. The van der Waals surface area contributed by atoms with Crippen molar-refractivity contribution < 1.29 is 9.26 Å². The second-order valence-corrected chi connectivity index (χ2v) is 2.92. The zero-order chi connectivity index (χ0) is 9.68. The molecule has 1 aromatic rings. The molecule has 66 valence electrons. The van der Waals surface area contributed by atoms with Gasteiger partial charge >= 0.3 is 0 Å². The maximum Gasteiger partial charge on any atom is 0.205 e. The van der Waals surface area contributed by atoms with Crippen molar-refractivity contribution in [2.45, 2.75) is 0 Å². The Hall–Kier alpha value is -1.17. The number of nitriles is 1. The van der Waals surface area contributed by atoms with E-state index >= 15 is 0 Å². The first-order chi connectivity index (χ1) is 6.31. The minimum atomic E-state index is 0.385. The summed E-state index contributed by atoms with van der Waals surface area (Å²) in [4.78, 5) is 0. The van der Waals surface area contributed by atoms with Crippen molar-refractivity contribution in [1.29, 1.82) is 5.26 Å². The van der Waals surface area contributed by atoms with Crippen molar-refractivity contribution in [2.24, 2.45) is 0 Å². The molecule has 0 saturated carbocycles. The van der Waals surface area contributed by atoms with Crippen LogP contribution in [0, 0.1) is 11.3 Å². The van der Waals surface area contributed by atoms with E-state index in [0.29, 0.717) is 24.6 Å². The average Bonchev–Trinajstić information content (AvgIpc) is 2.19. The van der Waals surface area contributed by atoms with Gasteiger partial charge in [0.25, 0.3) is 0 Å². The van der Waals surface area contributed by atoms with Crippen LogP contribution >= 0.6 is 7.58 Å². The van der Waals surface area contributed by atoms with Crippen molar-refractivity contribution in [3.8, 4) is 17.6 Å². The molecular weight excluding hydrogens is 205 g/mol. The summed E-state index contributed by atoms with van der Waals surface area (Å²) in [6.07, 6.45) is 0. The van der Waals surface area contributed by atoms with E-state index in [-0.39, 0.29) is 0 Å². The van der Waals surface area contributed by atoms with Crippen molar-refractivity contribution in [1.82, 2.24) is 0 Å². The first-order valence-corrected chi connectivity index (χ1v) is 5.22. The SMILES string of the molecule is COc1cc(C#N)ccc1OP=S. The molecule has 0 aromatic heterocycles. The third-order valence-electron chi connectivity index (χ3n) is 1.43. The highest BCUT2D eigenvalue weighted by atomic mass is 32.4. The molecule has 5 heteroatoms. The number of nitrogens with zero attached hydrogens (tertiary/aromatic N) is 1. The molecule has 0 saturated heterocycles. The highest BCUT2D eigenvalue weighted by molar-refractivity contribution is 7.94. The van der Waals surface area contributed by atoms with Gasteiger partial charge in [-0.25, -0.2) is 0 Å². The molecule has 0 spiro atoms. The monoisotopic (exact) mass is 211 g/mol. The molecule has 0 bridgehead atoms. The quantitative estimate of drug-likeness (QED) is 0.719. The predicted octanol–water partition coefficient (Wildman–Crippen LogP) is 2.27. The van der Waals surface area contributed by atoms with E-state index in [2.05, 4.69) is 11.8 Å². The lowest BCUT2D eigenvalue weighted by Gasteiger charge is -2.05. The third-order valence-corrected chi connectivity index (χ3v) is 1.92. The molecule has 0 radical (unpaired) electrons. The number of rotatable bonds is 3. The van der Waals surface area contributed by atoms with Gasteiger partial charge in [-0.15, -0.1) is 0 Å². The second kappa shape index (κ2) is 4.76. The van der Waals surface area contributed by atoms with Crippen LogP contribution in [0.3, 0.4) is 0 Å². The smallest absolute Gasteiger partial charge is 0.205 e. The lowest BCUT2D eigenvalue weighted by Crippen LogP contribution is -1.87. The summed E-state index contributed by atoms with van der Waals surface area (Å²) in [6.45, 7) is 0. The van der Waals surface area contributed by atoms with Crippen LogP contribution in [0.5, 0.6) is 11.5 Å². The molecule has 13 heavy (non-hydrogen) atoms. The van der Waals surface area contributed by atoms with Crippen molar-refractivity contribution >= 4 is 19.4 Å². The highest BCUT2D eigenvalue weighted by Crippen LogP contribution is 2.29. The molecule has 0 amide bonds. The standard InChI is InChI=1S/C8H6NO2PS/c1-10-8-4-6(5-9)2-3-7(8)11-12-13/h2-4H,1H3. The maximum absolute atomic E-state index is 8.61. The van der Waals surface area contributed by atoms with E-state index in [1.807, 2.05) is 6.07 Å². The molecule has 0 atom stereocenters. The fraction of sp³-hybridized carbons (Fsp3) is 0.125. The van der Waals surface area contributed by atoms with E-state index in [1.165, 1.54) is 7.11 Å². The molecule has 0 aliphatic heterocycles. The van der Waals surface area contributed by atoms with Crippen LogP contribution in [0.2, 0.25) is 0 Å². The van der Waals surface area contributed by atoms with E-state index in [1.54, 1.807) is 18.2 Å². The van der Waals surface area contributed by atoms with Crippen LogP contribution < -0.4 is 9.26 Å². The number of benzene rings is 1. The summed E-state index contributed by atoms with van der Waals surface area (Å²) in [5.74, 6) is 1.08. The summed E-state index contributed by atoms with van der Waals surface area (Å²) >= 11 is 4.63. The van der Waals surface area contributed by atoms with Gasteiger partial charge in [-0.3, -0.25) is 0 Å². The molecule has 1 aromatic carbocycles. The molecule has 1 rings (SSSR count). The third kappa shape index (κ3) is 2.38. The Morgan fingerprint density at radius 3 is 2.77 bits per heavy atom. The highest BCUT2D eigenvalue weighted by Gasteiger charge is 2.04. The van der Waals surface area contributed by atoms with Gasteiger partial charge in [0.05, 0.1) is 18.7 Å². The lowest BCUT2D eigenvalue weighted by atomic mass is 10.2. The van der Waals surface area contributed by atoms with Crippen molar-refractivity contribution in [3.63, 3.8) is 0 Å². The summed E-state index contributed by atoms with van der Waals surface area (Å²) in [5.41, 5.74) is 0.533. The maximum atomic E-state index is 8.61. The molecule has 0 aliphatic rings. The van der Waals surface area contributed by atoms with Crippen molar-refractivity contribution in [2.75, 3.05) is 7.11 Å². The first-order valence-electron chi connectivity index (χ1n) is 3.39. The van der Waals surface area contributed by atoms with Crippen LogP contribution in [0.4, 0.5) is 0 Å². The number of methoxy groups -OCH3 is 1. The molecule has 0 heterocycles. The Morgan fingerprint density at radius 1 is 1.46 bits per heavy atom. The molecule has 0 fully saturated rings. The van der Waals surface area contributed by atoms with Crippen LogP contribution in [0.15, 0.2) is 18.2 Å². The van der Waals surface area contributed by atoms with Crippen LogP contribution in [-0.2, 0) is 11.8 Å². The fourth-order valence-corrected chi connectivity index (χ4v) is 1.32. The minimum Gasteiger partial charge on any atom is -0.493 e. The van der Waals surface area contributed by atoms with Gasteiger partial charge in [0, 0.05) is 6.07 Å². The Labute approximate surface area is 82.8 Å². The van der Waals surface area contributed by atoms with Gasteiger partial charge < -0.3 is 9.26 Å². The number of ether oxygens (including phenoxy) is 1. The van der Waals surface area contributed by atoms with E-state index in [9.17, 15) is 0 Å². The van der Waals surface area contributed by atoms with Gasteiger partial charge in [-0.2, -0.15) is 5.26 Å². The summed E-state index contributed by atoms with van der Waals surface area (Å²) < 4.78 is 10.1. The zero-order valence-corrected chi connectivity index (χ0v) is 8.56. The fourth-order valence-electron chi connectivity index (χ4n) is 0.853. The van der Waals surface area contributed by atoms with Crippen molar-refractivity contribution in [3.05, 3.63) is 23.8 Å². The van der Waals surface area contributed by atoms with Gasteiger partial charge in [0.2, 0.25) is 7.58 Å². The molecule has 0 unspecified atom stereocenters. The van der Waals surface area contributed by atoms with Gasteiger partial charge in [-0.1, -0.05) is 0 Å². The molecular formula is C8H6NO2PS. The van der Waals surface area contributed by atoms with E-state index in [4.69, 9.17) is 14.5 Å². The summed E-state index contributed by atoms with van der Waals surface area (Å²) in [6, 6.07) is 6.93. The largest absolute Gasteiger partial charge is 0.493 e.